The van der Waals surface area contributed by atoms with E-state index in [9.17, 15) is 39.9 Å². The van der Waals surface area contributed by atoms with Gasteiger partial charge in [0.25, 0.3) is 0 Å². The Morgan fingerprint density at radius 3 is 2.37 bits per heavy atom. The van der Waals surface area contributed by atoms with Crippen LogP contribution in [-0.2, 0) is 6.18 Å². The Bertz CT molecular complexity index is 904. The van der Waals surface area contributed by atoms with Gasteiger partial charge >= 0.3 is 12.4 Å². The number of H-pyrrole nitrogens is 1. The number of nitrogens with one attached hydrogen (secondary N) is 1. The fraction of sp³-hybridized carbons (Fsp3) is 0.438. The van der Waals surface area contributed by atoms with E-state index in [4.69, 9.17) is 0 Å². The molecular formula is C16H12F8N2O. The predicted octanol–water partition coefficient (Wildman–Crippen LogP) is 4.36. The minimum Gasteiger partial charge on any atom is -0.362 e. The number of hydrogen-bond acceptors (Lipinski definition) is 2. The molecule has 2 aromatic rings. The van der Waals surface area contributed by atoms with E-state index in [-0.39, 0.29) is 11.2 Å². The molecule has 0 saturated carbocycles. The van der Waals surface area contributed by atoms with Gasteiger partial charge in [-0.25, -0.2) is 8.78 Å². The maximum absolute atomic E-state index is 13.8. The summed E-state index contributed by atoms with van der Waals surface area (Å²) in [5, 5.41) is -0.483. The molecule has 0 radical (unpaired) electrons. The van der Waals surface area contributed by atoms with E-state index in [0.29, 0.717) is 6.07 Å². The first kappa shape index (κ1) is 19.4. The number of aromatic nitrogens is 1. The Kier molecular flexibility index (Phi) is 4.59. The summed E-state index contributed by atoms with van der Waals surface area (Å²) < 4.78 is 105. The smallest absolute Gasteiger partial charge is 0.362 e. The summed E-state index contributed by atoms with van der Waals surface area (Å²) in [6.45, 7) is -0.586. The molecule has 0 amide bonds. The summed E-state index contributed by atoms with van der Waals surface area (Å²) in [5.74, 6) is 0. The third-order valence-corrected chi connectivity index (χ3v) is 4.41. The highest BCUT2D eigenvalue weighted by Crippen LogP contribution is 2.39. The summed E-state index contributed by atoms with van der Waals surface area (Å²) in [4.78, 5) is 14.4. The highest BCUT2D eigenvalue weighted by Gasteiger charge is 2.51. The summed E-state index contributed by atoms with van der Waals surface area (Å²) in [7, 11) is 0. The number of nitrogens with zero attached hydrogens (tertiary/aromatic N) is 1. The standard InChI is InChI=1S/C16H12F8N2O/c17-7-3-12(14(18)16(22,23)24)26(6-7)8-1-2-11-9(4-8)10(15(19,20)21)5-13(27)25-11/h1-2,4-5,7,12,14H,3,6H2,(H,25,27)/t7?,12?,14-/m1/s1. The van der Waals surface area contributed by atoms with Crippen LogP contribution in [0.5, 0.6) is 0 Å². The van der Waals surface area contributed by atoms with Crippen LogP contribution in [0.2, 0.25) is 0 Å². The lowest BCUT2D eigenvalue weighted by molar-refractivity contribution is -0.185. The zero-order valence-electron chi connectivity index (χ0n) is 13.3. The van der Waals surface area contributed by atoms with Crippen LogP contribution in [0.4, 0.5) is 40.8 Å². The highest BCUT2D eigenvalue weighted by molar-refractivity contribution is 5.86. The monoisotopic (exact) mass is 400 g/mol. The van der Waals surface area contributed by atoms with Crippen molar-refractivity contribution in [2.75, 3.05) is 11.4 Å². The molecule has 1 aliphatic heterocycles. The quantitative estimate of drug-likeness (QED) is 0.761. The van der Waals surface area contributed by atoms with Crippen molar-refractivity contribution >= 4 is 16.6 Å². The second kappa shape index (κ2) is 6.38. The molecule has 3 atom stereocenters. The summed E-state index contributed by atoms with van der Waals surface area (Å²) in [6, 6.07) is 1.48. The number of fused-ring (bicyclic) bond motifs is 1. The van der Waals surface area contributed by atoms with Crippen LogP contribution in [0.25, 0.3) is 10.9 Å². The maximum Gasteiger partial charge on any atom is 0.421 e. The number of anilines is 1. The van der Waals surface area contributed by atoms with Crippen molar-refractivity contribution in [3.63, 3.8) is 0 Å². The number of benzene rings is 1. The van der Waals surface area contributed by atoms with Gasteiger partial charge in [0.05, 0.1) is 11.6 Å². The number of pyridine rings is 1. The molecule has 3 rings (SSSR count). The van der Waals surface area contributed by atoms with Crippen molar-refractivity contribution in [1.29, 1.82) is 0 Å². The van der Waals surface area contributed by atoms with Crippen molar-refractivity contribution in [2.45, 2.75) is 37.2 Å². The van der Waals surface area contributed by atoms with Crippen LogP contribution in [0, 0.1) is 0 Å². The van der Waals surface area contributed by atoms with Crippen molar-refractivity contribution in [1.82, 2.24) is 4.98 Å². The van der Waals surface area contributed by atoms with Gasteiger partial charge in [-0.15, -0.1) is 0 Å². The van der Waals surface area contributed by atoms with Crippen molar-refractivity contribution < 1.29 is 35.1 Å². The van der Waals surface area contributed by atoms with Gasteiger partial charge in [-0.3, -0.25) is 4.79 Å². The molecule has 2 heterocycles. The maximum atomic E-state index is 13.8. The van der Waals surface area contributed by atoms with Crippen molar-refractivity contribution in [2.24, 2.45) is 0 Å². The van der Waals surface area contributed by atoms with Crippen LogP contribution < -0.4 is 10.5 Å². The van der Waals surface area contributed by atoms with Crippen molar-refractivity contribution in [3.8, 4) is 0 Å². The van der Waals surface area contributed by atoms with Crippen LogP contribution in [0.3, 0.4) is 0 Å². The molecule has 3 nitrogen and oxygen atoms in total. The average Bonchev–Trinajstić information content (AvgIpc) is 2.92. The Labute approximate surface area is 146 Å². The highest BCUT2D eigenvalue weighted by atomic mass is 19.4. The van der Waals surface area contributed by atoms with E-state index in [1.807, 2.05) is 0 Å². The SMILES string of the molecule is O=c1cc(C(F)(F)F)c2cc(N3CC(F)CC3[C@@H](F)C(F)(F)F)ccc2[nH]1. The van der Waals surface area contributed by atoms with E-state index in [1.54, 1.807) is 0 Å². The number of aromatic amines is 1. The number of hydrogen-bond donors (Lipinski definition) is 1. The van der Waals surface area contributed by atoms with Gasteiger partial charge in [0.1, 0.15) is 6.17 Å². The summed E-state index contributed by atoms with van der Waals surface area (Å²) in [6.07, 6.45) is -16.0. The van der Waals surface area contributed by atoms with Crippen LogP contribution in [0.1, 0.15) is 12.0 Å². The summed E-state index contributed by atoms with van der Waals surface area (Å²) in [5.41, 5.74) is -2.69. The molecule has 0 bridgehead atoms. The van der Waals surface area contributed by atoms with E-state index >= 15 is 0 Å². The second-order valence-corrected chi connectivity index (χ2v) is 6.27. The predicted molar refractivity (Wildman–Crippen MR) is 81.2 cm³/mol. The fourth-order valence-corrected chi connectivity index (χ4v) is 3.26. The molecule has 148 valence electrons. The first-order valence-electron chi connectivity index (χ1n) is 7.73. The van der Waals surface area contributed by atoms with Gasteiger partial charge in [-0.2, -0.15) is 26.3 Å². The van der Waals surface area contributed by atoms with Crippen LogP contribution >= 0.6 is 0 Å². The molecule has 2 unspecified atom stereocenters. The lowest BCUT2D eigenvalue weighted by Crippen LogP contribution is -2.44. The summed E-state index contributed by atoms with van der Waals surface area (Å²) >= 11 is 0. The first-order valence-corrected chi connectivity index (χ1v) is 7.73. The van der Waals surface area contributed by atoms with Crippen LogP contribution in [0.15, 0.2) is 29.1 Å². The largest absolute Gasteiger partial charge is 0.421 e. The number of halogens is 8. The van der Waals surface area contributed by atoms with E-state index in [1.165, 1.54) is 0 Å². The van der Waals surface area contributed by atoms with Gasteiger partial charge in [-0.05, 0) is 18.2 Å². The molecule has 0 aliphatic carbocycles. The van der Waals surface area contributed by atoms with E-state index in [2.05, 4.69) is 4.98 Å². The molecule has 1 N–H and O–H groups in total. The zero-order chi connectivity index (χ0) is 20.1. The molecule has 1 aromatic carbocycles. The molecule has 1 aromatic heterocycles. The van der Waals surface area contributed by atoms with Gasteiger partial charge in [-0.1, -0.05) is 0 Å². The number of rotatable bonds is 2. The van der Waals surface area contributed by atoms with E-state index < -0.39 is 60.2 Å². The third-order valence-electron chi connectivity index (χ3n) is 4.41. The lowest BCUT2D eigenvalue weighted by Gasteiger charge is -2.30. The molecule has 1 fully saturated rings. The Balaban J connectivity index is 2.11. The fourth-order valence-electron chi connectivity index (χ4n) is 3.26. The Morgan fingerprint density at radius 1 is 1.11 bits per heavy atom. The molecule has 0 spiro atoms. The normalized spacial score (nSPS) is 22.4. The molecular weight excluding hydrogens is 388 g/mol. The molecule has 11 heteroatoms. The number of alkyl halides is 8. The average molecular weight is 400 g/mol. The van der Waals surface area contributed by atoms with E-state index in [0.717, 1.165) is 23.1 Å². The Hall–Kier alpha value is -2.33. The minimum atomic E-state index is -5.23. The molecule has 1 aliphatic rings. The lowest BCUT2D eigenvalue weighted by atomic mass is 10.1. The van der Waals surface area contributed by atoms with Crippen molar-refractivity contribution in [3.05, 3.63) is 40.2 Å². The van der Waals surface area contributed by atoms with Gasteiger partial charge in [0.2, 0.25) is 11.7 Å². The Morgan fingerprint density at radius 2 is 1.78 bits per heavy atom. The zero-order valence-corrected chi connectivity index (χ0v) is 13.3. The first-order chi connectivity index (χ1) is 12.4. The van der Waals surface area contributed by atoms with Gasteiger partial charge in [0.15, 0.2) is 0 Å². The molecule has 1 saturated heterocycles. The van der Waals surface area contributed by atoms with Crippen LogP contribution in [-0.4, -0.2) is 36.1 Å². The minimum absolute atomic E-state index is 0.196. The third kappa shape index (κ3) is 3.72. The second-order valence-electron chi connectivity index (χ2n) is 6.27. The van der Waals surface area contributed by atoms with Gasteiger partial charge in [0, 0.05) is 35.6 Å². The van der Waals surface area contributed by atoms with Gasteiger partial charge < -0.3 is 9.88 Å². The molecule has 27 heavy (non-hydrogen) atoms. The topological polar surface area (TPSA) is 36.1 Å².